The molecule has 0 aromatic heterocycles. The zero-order valence-corrected chi connectivity index (χ0v) is 12.0. The lowest BCUT2D eigenvalue weighted by atomic mass is 10.1. The molecule has 0 radical (unpaired) electrons. The third kappa shape index (κ3) is 4.38. The van der Waals surface area contributed by atoms with E-state index in [1.807, 2.05) is 19.1 Å². The van der Waals surface area contributed by atoms with Gasteiger partial charge in [0.25, 0.3) is 0 Å². The Morgan fingerprint density at radius 1 is 1.41 bits per heavy atom. The molecule has 0 spiro atoms. The van der Waals surface area contributed by atoms with Gasteiger partial charge in [-0.25, -0.2) is 0 Å². The van der Waals surface area contributed by atoms with E-state index in [1.165, 1.54) is 0 Å². The third-order valence-electron chi connectivity index (χ3n) is 2.36. The summed E-state index contributed by atoms with van der Waals surface area (Å²) in [6.45, 7) is 6.35. The number of nitrogens with two attached hydrogens (primary N) is 1. The van der Waals surface area contributed by atoms with Gasteiger partial charge in [0.05, 0.1) is 11.7 Å². The highest BCUT2D eigenvalue weighted by Gasteiger charge is 2.12. The molecule has 0 heterocycles. The van der Waals surface area contributed by atoms with Gasteiger partial charge in [0, 0.05) is 4.47 Å². The summed E-state index contributed by atoms with van der Waals surface area (Å²) in [4.78, 5) is 0. The highest BCUT2D eigenvalue weighted by atomic mass is 79.9. The van der Waals surface area contributed by atoms with E-state index in [4.69, 9.17) is 15.9 Å². The Morgan fingerprint density at radius 3 is 2.59 bits per heavy atom. The van der Waals surface area contributed by atoms with Crippen molar-refractivity contribution in [2.45, 2.75) is 33.3 Å². The van der Waals surface area contributed by atoms with Crippen molar-refractivity contribution < 1.29 is 4.74 Å². The minimum Gasteiger partial charge on any atom is -0.490 e. The van der Waals surface area contributed by atoms with Crippen LogP contribution in [-0.2, 0) is 0 Å². The van der Waals surface area contributed by atoms with Gasteiger partial charge in [-0.3, -0.25) is 5.41 Å². The smallest absolute Gasteiger partial charge is 0.130 e. The van der Waals surface area contributed by atoms with Crippen LogP contribution in [0.15, 0.2) is 22.7 Å². The molecule has 0 amide bonds. The van der Waals surface area contributed by atoms with Crippen molar-refractivity contribution in [1.29, 1.82) is 5.41 Å². The zero-order valence-electron chi connectivity index (χ0n) is 10.5. The van der Waals surface area contributed by atoms with Crippen LogP contribution in [0.5, 0.6) is 5.75 Å². The van der Waals surface area contributed by atoms with Crippen molar-refractivity contribution in [3.05, 3.63) is 28.2 Å². The fourth-order valence-electron chi connectivity index (χ4n) is 1.74. The van der Waals surface area contributed by atoms with Crippen LogP contribution < -0.4 is 10.5 Å². The van der Waals surface area contributed by atoms with Crippen molar-refractivity contribution in [3.63, 3.8) is 0 Å². The number of benzene rings is 1. The Hall–Kier alpha value is -1.03. The fraction of sp³-hybridized carbons (Fsp3) is 0.462. The monoisotopic (exact) mass is 298 g/mol. The minimum absolute atomic E-state index is 0.0260. The maximum atomic E-state index is 7.54. The first-order chi connectivity index (χ1) is 7.90. The average Bonchev–Trinajstić information content (AvgIpc) is 2.19. The second-order valence-corrected chi connectivity index (χ2v) is 5.53. The second-order valence-electron chi connectivity index (χ2n) is 4.61. The molecule has 4 heteroatoms. The Bertz CT molecular complexity index is 404. The van der Waals surface area contributed by atoms with Crippen LogP contribution in [0.2, 0.25) is 0 Å². The van der Waals surface area contributed by atoms with Crippen molar-refractivity contribution in [2.75, 3.05) is 0 Å². The van der Waals surface area contributed by atoms with Crippen LogP contribution in [0, 0.1) is 11.3 Å². The number of amidine groups is 1. The molecule has 1 atom stereocenters. The molecule has 94 valence electrons. The standard InChI is InChI=1S/C13H19BrN2O/c1-8(2)6-9(3)17-12-5-4-10(14)7-11(12)13(15)16/h4-5,7-9H,6H2,1-3H3,(H3,15,16). The summed E-state index contributed by atoms with van der Waals surface area (Å²) in [5.74, 6) is 1.29. The van der Waals surface area contributed by atoms with Gasteiger partial charge < -0.3 is 10.5 Å². The summed E-state index contributed by atoms with van der Waals surface area (Å²) in [6, 6.07) is 5.54. The summed E-state index contributed by atoms with van der Waals surface area (Å²) in [6.07, 6.45) is 1.10. The highest BCUT2D eigenvalue weighted by Crippen LogP contribution is 2.24. The lowest BCUT2D eigenvalue weighted by Crippen LogP contribution is -2.18. The maximum absolute atomic E-state index is 7.54. The zero-order chi connectivity index (χ0) is 13.0. The molecular formula is C13H19BrN2O. The van der Waals surface area contributed by atoms with Gasteiger partial charge in [0.1, 0.15) is 11.6 Å². The number of halogens is 1. The molecule has 1 unspecified atom stereocenters. The van der Waals surface area contributed by atoms with Gasteiger partial charge in [-0.1, -0.05) is 29.8 Å². The minimum atomic E-state index is 0.0260. The van der Waals surface area contributed by atoms with Gasteiger partial charge in [-0.15, -0.1) is 0 Å². The Kier molecular flexibility index (Phi) is 5.00. The largest absolute Gasteiger partial charge is 0.490 e. The van der Waals surface area contributed by atoms with Crippen LogP contribution in [0.3, 0.4) is 0 Å². The quantitative estimate of drug-likeness (QED) is 0.645. The first-order valence-electron chi connectivity index (χ1n) is 5.70. The lowest BCUT2D eigenvalue weighted by Gasteiger charge is -2.18. The Labute approximate surface area is 111 Å². The van der Waals surface area contributed by atoms with Gasteiger partial charge >= 0.3 is 0 Å². The summed E-state index contributed by atoms with van der Waals surface area (Å²) < 4.78 is 6.73. The molecular weight excluding hydrogens is 280 g/mol. The van der Waals surface area contributed by atoms with E-state index in [-0.39, 0.29) is 11.9 Å². The van der Waals surface area contributed by atoms with Crippen LogP contribution in [0.25, 0.3) is 0 Å². The fourth-order valence-corrected chi connectivity index (χ4v) is 2.11. The summed E-state index contributed by atoms with van der Waals surface area (Å²) in [5.41, 5.74) is 6.18. The van der Waals surface area contributed by atoms with Crippen molar-refractivity contribution in [2.24, 2.45) is 11.7 Å². The summed E-state index contributed by atoms with van der Waals surface area (Å²) in [5, 5.41) is 7.54. The number of rotatable bonds is 5. The SMILES string of the molecule is CC(C)CC(C)Oc1ccc(Br)cc1C(=N)N. The van der Waals surface area contributed by atoms with Gasteiger partial charge in [-0.2, -0.15) is 0 Å². The molecule has 1 aromatic rings. The number of nitrogen functional groups attached to an aromatic ring is 1. The van der Waals surface area contributed by atoms with E-state index in [9.17, 15) is 0 Å². The first-order valence-corrected chi connectivity index (χ1v) is 6.50. The molecule has 0 bridgehead atoms. The summed E-state index contributed by atoms with van der Waals surface area (Å²) in [7, 11) is 0. The molecule has 3 N–H and O–H groups in total. The molecule has 0 aliphatic carbocycles. The molecule has 1 aromatic carbocycles. The van der Waals surface area contributed by atoms with E-state index in [0.29, 0.717) is 17.2 Å². The molecule has 0 fully saturated rings. The molecule has 17 heavy (non-hydrogen) atoms. The first kappa shape index (κ1) is 14.0. The topological polar surface area (TPSA) is 59.1 Å². The number of nitrogens with one attached hydrogen (secondary N) is 1. The molecule has 0 aliphatic heterocycles. The number of hydrogen-bond acceptors (Lipinski definition) is 2. The maximum Gasteiger partial charge on any atom is 0.130 e. The number of ether oxygens (including phenoxy) is 1. The predicted octanol–water partition coefficient (Wildman–Crippen LogP) is 3.55. The predicted molar refractivity (Wildman–Crippen MR) is 74.7 cm³/mol. The molecule has 0 aliphatic rings. The molecule has 3 nitrogen and oxygen atoms in total. The van der Waals surface area contributed by atoms with Crippen LogP contribution in [-0.4, -0.2) is 11.9 Å². The molecule has 0 saturated heterocycles. The van der Waals surface area contributed by atoms with Crippen molar-refractivity contribution >= 4 is 21.8 Å². The van der Waals surface area contributed by atoms with E-state index >= 15 is 0 Å². The van der Waals surface area contributed by atoms with Gasteiger partial charge in [0.15, 0.2) is 0 Å². The Morgan fingerprint density at radius 2 is 2.06 bits per heavy atom. The normalized spacial score (nSPS) is 12.5. The average molecular weight is 299 g/mol. The van der Waals surface area contributed by atoms with E-state index in [0.717, 1.165) is 10.9 Å². The van der Waals surface area contributed by atoms with Crippen LogP contribution in [0.1, 0.15) is 32.8 Å². The second kappa shape index (κ2) is 6.05. The van der Waals surface area contributed by atoms with E-state index in [1.54, 1.807) is 6.07 Å². The molecule has 1 rings (SSSR count). The summed E-state index contributed by atoms with van der Waals surface area (Å²) >= 11 is 3.36. The van der Waals surface area contributed by atoms with Gasteiger partial charge in [0.2, 0.25) is 0 Å². The third-order valence-corrected chi connectivity index (χ3v) is 2.86. The highest BCUT2D eigenvalue weighted by molar-refractivity contribution is 9.10. The van der Waals surface area contributed by atoms with Gasteiger partial charge in [-0.05, 0) is 37.5 Å². The lowest BCUT2D eigenvalue weighted by molar-refractivity contribution is 0.193. The van der Waals surface area contributed by atoms with E-state index < -0.39 is 0 Å². The van der Waals surface area contributed by atoms with E-state index in [2.05, 4.69) is 29.8 Å². The van der Waals surface area contributed by atoms with Crippen molar-refractivity contribution in [3.8, 4) is 5.75 Å². The van der Waals surface area contributed by atoms with Crippen LogP contribution >= 0.6 is 15.9 Å². The molecule has 0 saturated carbocycles. The number of hydrogen-bond donors (Lipinski definition) is 2. The van der Waals surface area contributed by atoms with Crippen LogP contribution in [0.4, 0.5) is 0 Å². The van der Waals surface area contributed by atoms with Crippen molar-refractivity contribution in [1.82, 2.24) is 0 Å². The Balaban J connectivity index is 2.86.